The second-order valence-electron chi connectivity index (χ2n) is 8.09. The van der Waals surface area contributed by atoms with Crippen LogP contribution in [0, 0.1) is 19.7 Å². The maximum atomic E-state index is 13.5. The monoisotopic (exact) mass is 481 g/mol. The highest BCUT2D eigenvalue weighted by molar-refractivity contribution is 7.99. The Morgan fingerprint density at radius 1 is 1.06 bits per heavy atom. The van der Waals surface area contributed by atoms with Gasteiger partial charge in [0.2, 0.25) is 5.91 Å². The number of nitrogens with one attached hydrogen (secondary N) is 1. The lowest BCUT2D eigenvalue weighted by atomic mass is 10.1. The van der Waals surface area contributed by atoms with Gasteiger partial charge in [-0.05, 0) is 48.7 Å². The number of aryl methyl sites for hydroxylation is 3. The smallest absolute Gasteiger partial charge is 0.325 e. The summed E-state index contributed by atoms with van der Waals surface area (Å²) >= 11 is 1.16. The summed E-state index contributed by atoms with van der Waals surface area (Å²) in [7, 11) is 2.99. The molecule has 0 saturated carbocycles. The molecule has 10 heteroatoms. The first kappa shape index (κ1) is 23.5. The highest BCUT2D eigenvalue weighted by atomic mass is 32.2. The topological polar surface area (TPSA) is 90.9 Å². The number of carbonyl (C=O) groups is 1. The SMILES string of the molecule is Cc1cc(NC(=O)CSc2nc3c(c(=O)n(C)c(=O)n3C)n2Cc2ccccc2C)ccc1F. The molecule has 0 aliphatic heterocycles. The summed E-state index contributed by atoms with van der Waals surface area (Å²) in [5.74, 6) is -0.626. The summed E-state index contributed by atoms with van der Waals surface area (Å²) in [5.41, 5.74) is 2.61. The zero-order valence-corrected chi connectivity index (χ0v) is 20.1. The van der Waals surface area contributed by atoms with Gasteiger partial charge in [0.15, 0.2) is 16.3 Å². The fraction of sp³-hybridized carbons (Fsp3) is 0.250. The van der Waals surface area contributed by atoms with Crippen molar-refractivity contribution in [3.05, 3.63) is 85.8 Å². The van der Waals surface area contributed by atoms with Crippen molar-refractivity contribution in [2.24, 2.45) is 14.1 Å². The molecule has 8 nitrogen and oxygen atoms in total. The van der Waals surface area contributed by atoms with Crippen molar-refractivity contribution in [2.45, 2.75) is 25.5 Å². The largest absolute Gasteiger partial charge is 0.332 e. The van der Waals surface area contributed by atoms with Gasteiger partial charge in [-0.2, -0.15) is 0 Å². The molecule has 0 spiro atoms. The normalized spacial score (nSPS) is 11.2. The van der Waals surface area contributed by atoms with Crippen LogP contribution in [0.2, 0.25) is 0 Å². The van der Waals surface area contributed by atoms with Crippen LogP contribution >= 0.6 is 11.8 Å². The van der Waals surface area contributed by atoms with Crippen LogP contribution in [0.5, 0.6) is 0 Å². The Hall–Kier alpha value is -3.66. The zero-order chi connectivity index (χ0) is 24.6. The van der Waals surface area contributed by atoms with Crippen LogP contribution in [-0.4, -0.2) is 30.3 Å². The summed E-state index contributed by atoms with van der Waals surface area (Å²) in [6, 6.07) is 12.2. The van der Waals surface area contributed by atoms with Crippen LogP contribution in [0.15, 0.2) is 57.2 Å². The molecule has 2 aromatic heterocycles. The Bertz CT molecular complexity index is 1540. The second-order valence-corrected chi connectivity index (χ2v) is 9.03. The van der Waals surface area contributed by atoms with Crippen LogP contribution in [-0.2, 0) is 25.4 Å². The molecular weight excluding hydrogens is 457 g/mol. The molecule has 0 atom stereocenters. The number of anilines is 1. The maximum absolute atomic E-state index is 13.5. The van der Waals surface area contributed by atoms with E-state index in [-0.39, 0.29) is 23.1 Å². The van der Waals surface area contributed by atoms with Crippen molar-refractivity contribution >= 4 is 34.5 Å². The molecule has 0 unspecified atom stereocenters. The van der Waals surface area contributed by atoms with E-state index in [1.54, 1.807) is 24.6 Å². The number of imidazole rings is 1. The van der Waals surface area contributed by atoms with Crippen molar-refractivity contribution in [3.63, 3.8) is 0 Å². The van der Waals surface area contributed by atoms with E-state index in [2.05, 4.69) is 10.3 Å². The van der Waals surface area contributed by atoms with Gasteiger partial charge in [0.1, 0.15) is 5.82 Å². The Labute approximate surface area is 199 Å². The molecule has 0 bridgehead atoms. The van der Waals surface area contributed by atoms with Crippen LogP contribution in [0.4, 0.5) is 10.1 Å². The van der Waals surface area contributed by atoms with Gasteiger partial charge in [-0.15, -0.1) is 0 Å². The molecule has 2 heterocycles. The number of benzene rings is 2. The van der Waals surface area contributed by atoms with Crippen LogP contribution < -0.4 is 16.6 Å². The second kappa shape index (κ2) is 9.30. The minimum Gasteiger partial charge on any atom is -0.325 e. The van der Waals surface area contributed by atoms with E-state index < -0.39 is 11.2 Å². The number of thioether (sulfide) groups is 1. The number of hydrogen-bond acceptors (Lipinski definition) is 5. The van der Waals surface area contributed by atoms with Crippen LogP contribution in [0.1, 0.15) is 16.7 Å². The van der Waals surface area contributed by atoms with Gasteiger partial charge >= 0.3 is 5.69 Å². The lowest BCUT2D eigenvalue weighted by molar-refractivity contribution is -0.113. The van der Waals surface area contributed by atoms with Crippen LogP contribution in [0.25, 0.3) is 11.2 Å². The molecule has 1 N–H and O–H groups in total. The lowest BCUT2D eigenvalue weighted by Crippen LogP contribution is -2.37. The summed E-state index contributed by atoms with van der Waals surface area (Å²) in [4.78, 5) is 42.6. The molecule has 0 fully saturated rings. The molecule has 4 rings (SSSR count). The third-order valence-electron chi connectivity index (χ3n) is 5.68. The zero-order valence-electron chi connectivity index (χ0n) is 19.3. The van der Waals surface area contributed by atoms with Gasteiger partial charge in [-0.1, -0.05) is 36.0 Å². The quantitative estimate of drug-likeness (QED) is 0.428. The number of hydrogen-bond donors (Lipinski definition) is 1. The van der Waals surface area contributed by atoms with Crippen molar-refractivity contribution < 1.29 is 9.18 Å². The molecule has 1 amide bonds. The van der Waals surface area contributed by atoms with Crippen molar-refractivity contribution in [1.82, 2.24) is 18.7 Å². The van der Waals surface area contributed by atoms with Crippen LogP contribution in [0.3, 0.4) is 0 Å². The number of amides is 1. The van der Waals surface area contributed by atoms with E-state index in [1.165, 1.54) is 23.7 Å². The molecule has 176 valence electrons. The number of aromatic nitrogens is 4. The average Bonchev–Trinajstić information content (AvgIpc) is 3.17. The molecule has 0 aliphatic rings. The van der Waals surface area contributed by atoms with Gasteiger partial charge in [-0.25, -0.2) is 14.2 Å². The van der Waals surface area contributed by atoms with Gasteiger partial charge in [0, 0.05) is 19.8 Å². The summed E-state index contributed by atoms with van der Waals surface area (Å²) in [6.45, 7) is 3.96. The highest BCUT2D eigenvalue weighted by Gasteiger charge is 2.21. The third kappa shape index (κ3) is 4.41. The predicted octanol–water partition coefficient (Wildman–Crippen LogP) is 2.97. The first-order valence-corrected chi connectivity index (χ1v) is 11.6. The van der Waals surface area contributed by atoms with Gasteiger partial charge in [-0.3, -0.25) is 18.7 Å². The molecule has 0 saturated heterocycles. The Morgan fingerprint density at radius 2 is 1.79 bits per heavy atom. The molecule has 4 aromatic rings. The predicted molar refractivity (Wildman–Crippen MR) is 131 cm³/mol. The Morgan fingerprint density at radius 3 is 2.50 bits per heavy atom. The van der Waals surface area contributed by atoms with E-state index in [1.807, 2.05) is 31.2 Å². The van der Waals surface area contributed by atoms with Gasteiger partial charge in [0.25, 0.3) is 5.56 Å². The molecule has 34 heavy (non-hydrogen) atoms. The fourth-order valence-electron chi connectivity index (χ4n) is 3.69. The summed E-state index contributed by atoms with van der Waals surface area (Å²) in [6.07, 6.45) is 0. The first-order chi connectivity index (χ1) is 16.2. The van der Waals surface area contributed by atoms with Gasteiger partial charge < -0.3 is 9.88 Å². The van der Waals surface area contributed by atoms with E-state index in [0.717, 1.165) is 27.5 Å². The lowest BCUT2D eigenvalue weighted by Gasteiger charge is -2.11. The van der Waals surface area contributed by atoms with E-state index in [9.17, 15) is 18.8 Å². The Kier molecular flexibility index (Phi) is 6.43. The number of fused-ring (bicyclic) bond motifs is 1. The molecule has 0 radical (unpaired) electrons. The van der Waals surface area contributed by atoms with Gasteiger partial charge in [0.05, 0.1) is 12.3 Å². The first-order valence-electron chi connectivity index (χ1n) is 10.6. The number of halogens is 1. The third-order valence-corrected chi connectivity index (χ3v) is 6.65. The minimum absolute atomic E-state index is 0.0157. The number of nitrogens with zero attached hydrogens (tertiary/aromatic N) is 4. The number of rotatable bonds is 6. The maximum Gasteiger partial charge on any atom is 0.332 e. The fourth-order valence-corrected chi connectivity index (χ4v) is 4.49. The Balaban J connectivity index is 1.70. The van der Waals surface area contributed by atoms with Crippen molar-refractivity contribution in [2.75, 3.05) is 11.1 Å². The molecule has 2 aromatic carbocycles. The molecular formula is C24H24FN5O3S. The van der Waals surface area contributed by atoms with Crippen molar-refractivity contribution in [3.8, 4) is 0 Å². The van der Waals surface area contributed by atoms with E-state index in [0.29, 0.717) is 28.5 Å². The minimum atomic E-state index is -0.473. The standard InChI is InChI=1S/C24H24FN5O3S/c1-14-7-5-6-8-16(14)12-30-20-21(28(3)24(33)29(4)22(20)32)27-23(30)34-13-19(31)26-17-9-10-18(25)15(2)11-17/h5-11H,12-13H2,1-4H3,(H,26,31). The highest BCUT2D eigenvalue weighted by Crippen LogP contribution is 2.24. The van der Waals surface area contributed by atoms with Crippen molar-refractivity contribution in [1.29, 1.82) is 0 Å². The van der Waals surface area contributed by atoms with E-state index in [4.69, 9.17) is 0 Å². The van der Waals surface area contributed by atoms with E-state index >= 15 is 0 Å². The summed E-state index contributed by atoms with van der Waals surface area (Å²) in [5, 5.41) is 3.20. The average molecular weight is 482 g/mol. The number of carbonyl (C=O) groups excluding carboxylic acids is 1. The molecule has 0 aliphatic carbocycles. The summed E-state index contributed by atoms with van der Waals surface area (Å²) < 4.78 is 17.6.